The van der Waals surface area contributed by atoms with Crippen LogP contribution in [-0.4, -0.2) is 15.1 Å². The largest absolute Gasteiger partial charge is 0.361 e. The number of aromatic nitrogens is 3. The number of aromatic amines is 1. The topological polar surface area (TPSA) is 54.7 Å². The van der Waals surface area contributed by atoms with E-state index in [4.69, 9.17) is 4.52 Å². The van der Waals surface area contributed by atoms with Crippen molar-refractivity contribution < 1.29 is 4.52 Å². The Labute approximate surface area is 92.5 Å². The lowest BCUT2D eigenvalue weighted by molar-refractivity contribution is 0.393. The van der Waals surface area contributed by atoms with Crippen molar-refractivity contribution in [2.45, 2.75) is 31.2 Å². The van der Waals surface area contributed by atoms with Gasteiger partial charge in [-0.1, -0.05) is 23.8 Å². The molecule has 0 aliphatic rings. The second kappa shape index (κ2) is 4.53. The van der Waals surface area contributed by atoms with Gasteiger partial charge in [0, 0.05) is 23.7 Å². The Kier molecular flexibility index (Phi) is 3.11. The van der Waals surface area contributed by atoms with Crippen LogP contribution >= 0.6 is 11.8 Å². The van der Waals surface area contributed by atoms with E-state index in [2.05, 4.69) is 22.0 Å². The number of hydrogen-bond acceptors (Lipinski definition) is 4. The third-order valence-electron chi connectivity index (χ3n) is 2.02. The average Bonchev–Trinajstić information content (AvgIpc) is 2.83. The highest BCUT2D eigenvalue weighted by molar-refractivity contribution is 7.98. The third-order valence-corrected chi connectivity index (χ3v) is 2.94. The molecule has 2 rings (SSSR count). The number of nitrogens with zero attached hydrogens (tertiary/aromatic N) is 2. The molecule has 0 aliphatic heterocycles. The summed E-state index contributed by atoms with van der Waals surface area (Å²) in [4.78, 5) is 7.49. The summed E-state index contributed by atoms with van der Waals surface area (Å²) in [5.41, 5.74) is 2.11. The zero-order valence-electron chi connectivity index (χ0n) is 8.78. The molecule has 0 saturated heterocycles. The summed E-state index contributed by atoms with van der Waals surface area (Å²) < 4.78 is 4.99. The van der Waals surface area contributed by atoms with Crippen molar-refractivity contribution in [1.82, 2.24) is 15.1 Å². The van der Waals surface area contributed by atoms with Gasteiger partial charge in [-0.2, -0.15) is 0 Å². The molecule has 15 heavy (non-hydrogen) atoms. The Morgan fingerprint density at radius 3 is 3.00 bits per heavy atom. The summed E-state index contributed by atoms with van der Waals surface area (Å²) in [7, 11) is 0. The highest BCUT2D eigenvalue weighted by Gasteiger charge is 2.04. The molecule has 4 nitrogen and oxygen atoms in total. The summed E-state index contributed by atoms with van der Waals surface area (Å²) in [6, 6.07) is 1.94. The summed E-state index contributed by atoms with van der Waals surface area (Å²) in [5, 5.41) is 4.86. The first-order chi connectivity index (χ1) is 7.28. The predicted octanol–water partition coefficient (Wildman–Crippen LogP) is 2.56. The van der Waals surface area contributed by atoms with Crippen LogP contribution in [0, 0.1) is 6.92 Å². The van der Waals surface area contributed by atoms with E-state index in [1.165, 1.54) is 0 Å². The molecule has 0 radical (unpaired) electrons. The molecule has 0 fully saturated rings. The van der Waals surface area contributed by atoms with E-state index in [9.17, 15) is 0 Å². The average molecular weight is 223 g/mol. The maximum absolute atomic E-state index is 4.99. The Balaban J connectivity index is 1.93. The summed E-state index contributed by atoms with van der Waals surface area (Å²) >= 11 is 1.63. The number of thioether (sulfide) groups is 1. The Hall–Kier alpha value is -1.23. The predicted molar refractivity (Wildman–Crippen MR) is 58.8 cm³/mol. The van der Waals surface area contributed by atoms with Gasteiger partial charge >= 0.3 is 0 Å². The van der Waals surface area contributed by atoms with E-state index in [0.29, 0.717) is 0 Å². The van der Waals surface area contributed by atoms with Crippen molar-refractivity contribution in [1.29, 1.82) is 0 Å². The van der Waals surface area contributed by atoms with E-state index in [1.54, 1.807) is 11.8 Å². The Morgan fingerprint density at radius 2 is 2.40 bits per heavy atom. The van der Waals surface area contributed by atoms with Gasteiger partial charge in [0.15, 0.2) is 5.16 Å². The van der Waals surface area contributed by atoms with Gasteiger partial charge in [-0.05, 0) is 13.3 Å². The molecule has 5 heteroatoms. The fourth-order valence-corrected chi connectivity index (χ4v) is 1.97. The van der Waals surface area contributed by atoms with E-state index < -0.39 is 0 Å². The lowest BCUT2D eigenvalue weighted by Crippen LogP contribution is -1.82. The number of H-pyrrole nitrogens is 1. The van der Waals surface area contributed by atoms with E-state index in [-0.39, 0.29) is 0 Å². The van der Waals surface area contributed by atoms with Crippen molar-refractivity contribution in [3.05, 3.63) is 29.4 Å². The van der Waals surface area contributed by atoms with Gasteiger partial charge in [-0.3, -0.25) is 0 Å². The van der Waals surface area contributed by atoms with Gasteiger partial charge < -0.3 is 9.51 Å². The molecule has 0 bridgehead atoms. The zero-order chi connectivity index (χ0) is 10.7. The molecule has 2 heterocycles. The van der Waals surface area contributed by atoms with Gasteiger partial charge in [0.25, 0.3) is 0 Å². The monoisotopic (exact) mass is 223 g/mol. The van der Waals surface area contributed by atoms with Gasteiger partial charge in [0.1, 0.15) is 5.76 Å². The number of rotatable bonds is 4. The quantitative estimate of drug-likeness (QED) is 0.809. The molecule has 2 aromatic rings. The molecular formula is C10H13N3OS. The van der Waals surface area contributed by atoms with Crippen LogP contribution in [0.1, 0.15) is 24.1 Å². The van der Waals surface area contributed by atoms with Crippen LogP contribution in [0.25, 0.3) is 0 Å². The maximum atomic E-state index is 4.99. The molecule has 0 aromatic carbocycles. The van der Waals surface area contributed by atoms with E-state index >= 15 is 0 Å². The molecule has 0 unspecified atom stereocenters. The van der Waals surface area contributed by atoms with Gasteiger partial charge in [0.2, 0.25) is 0 Å². The fraction of sp³-hybridized carbons (Fsp3) is 0.400. The molecule has 0 aliphatic carbocycles. The molecule has 2 aromatic heterocycles. The highest BCUT2D eigenvalue weighted by atomic mass is 32.2. The second-order valence-corrected chi connectivity index (χ2v) is 4.25. The highest BCUT2D eigenvalue weighted by Crippen LogP contribution is 2.19. The first-order valence-corrected chi connectivity index (χ1v) is 5.85. The van der Waals surface area contributed by atoms with Crippen molar-refractivity contribution in [3.8, 4) is 0 Å². The van der Waals surface area contributed by atoms with Crippen LogP contribution < -0.4 is 0 Å². The minimum Gasteiger partial charge on any atom is -0.361 e. The van der Waals surface area contributed by atoms with Crippen LogP contribution in [0.2, 0.25) is 0 Å². The van der Waals surface area contributed by atoms with Gasteiger partial charge in [-0.15, -0.1) is 0 Å². The second-order valence-electron chi connectivity index (χ2n) is 3.28. The minimum atomic E-state index is 0.786. The smallest absolute Gasteiger partial charge is 0.165 e. The fourth-order valence-electron chi connectivity index (χ4n) is 1.22. The minimum absolute atomic E-state index is 0.786. The van der Waals surface area contributed by atoms with Crippen molar-refractivity contribution in [2.24, 2.45) is 0 Å². The van der Waals surface area contributed by atoms with Crippen LogP contribution in [-0.2, 0) is 12.2 Å². The van der Waals surface area contributed by atoms with Crippen LogP contribution in [0.3, 0.4) is 0 Å². The first kappa shape index (κ1) is 10.3. The molecule has 0 saturated carbocycles. The lowest BCUT2D eigenvalue weighted by atomic mass is 10.4. The van der Waals surface area contributed by atoms with Crippen LogP contribution in [0.4, 0.5) is 0 Å². The molecule has 0 atom stereocenters. The summed E-state index contributed by atoms with van der Waals surface area (Å²) in [6.45, 7) is 3.99. The van der Waals surface area contributed by atoms with Crippen molar-refractivity contribution in [3.63, 3.8) is 0 Å². The maximum Gasteiger partial charge on any atom is 0.165 e. The standard InChI is InChI=1S/C10H13N3OS/c1-3-8-5-11-10(12-8)15-6-9-4-7(2)14-13-9/h4-5H,3,6H2,1-2H3,(H,11,12). The van der Waals surface area contributed by atoms with Gasteiger partial charge in [0.05, 0.1) is 5.69 Å². The Morgan fingerprint density at radius 1 is 1.53 bits per heavy atom. The molecule has 1 N–H and O–H groups in total. The summed E-state index contributed by atoms with van der Waals surface area (Å²) in [5.74, 6) is 1.63. The Bertz CT molecular complexity index is 435. The first-order valence-electron chi connectivity index (χ1n) is 4.87. The van der Waals surface area contributed by atoms with E-state index in [0.717, 1.165) is 34.5 Å². The molecule has 0 amide bonds. The third kappa shape index (κ3) is 2.62. The number of imidazole rings is 1. The van der Waals surface area contributed by atoms with Crippen molar-refractivity contribution in [2.75, 3.05) is 0 Å². The molecule has 0 spiro atoms. The SMILES string of the molecule is CCc1cnc(SCc2cc(C)on2)[nH]1. The summed E-state index contributed by atoms with van der Waals surface area (Å²) in [6.07, 6.45) is 2.85. The van der Waals surface area contributed by atoms with Crippen LogP contribution in [0.15, 0.2) is 21.9 Å². The number of aryl methyl sites for hydroxylation is 2. The zero-order valence-corrected chi connectivity index (χ0v) is 9.60. The molecule has 80 valence electrons. The normalized spacial score (nSPS) is 10.8. The molecular weight excluding hydrogens is 210 g/mol. The number of nitrogens with one attached hydrogen (secondary N) is 1. The van der Waals surface area contributed by atoms with Crippen molar-refractivity contribution >= 4 is 11.8 Å². The lowest BCUT2D eigenvalue weighted by Gasteiger charge is -1.92. The number of hydrogen-bond donors (Lipinski definition) is 1. The van der Waals surface area contributed by atoms with Gasteiger partial charge in [-0.25, -0.2) is 4.98 Å². The van der Waals surface area contributed by atoms with Crippen LogP contribution in [0.5, 0.6) is 0 Å². The van der Waals surface area contributed by atoms with E-state index in [1.807, 2.05) is 19.2 Å².